The molecular weight excluding hydrogens is 272 g/mol. The van der Waals surface area contributed by atoms with E-state index in [1.165, 1.54) is 0 Å². The molecule has 3 rings (SSSR count). The number of rotatable bonds is 2. The molecule has 0 spiro atoms. The Kier molecular flexibility index (Phi) is 3.20. The molecule has 0 saturated carbocycles. The van der Waals surface area contributed by atoms with Gasteiger partial charge in [0.25, 0.3) is 5.56 Å². The number of halogens is 1. The molecule has 100 valence electrons. The average molecular weight is 285 g/mol. The molecule has 0 bridgehead atoms. The highest BCUT2D eigenvalue weighted by molar-refractivity contribution is 6.31. The van der Waals surface area contributed by atoms with Gasteiger partial charge in [0.2, 0.25) is 0 Å². The molecule has 1 heterocycles. The van der Waals surface area contributed by atoms with Crippen molar-refractivity contribution in [2.24, 2.45) is 0 Å². The number of nitrogen functional groups attached to an aromatic ring is 1. The average Bonchev–Trinajstić information content (AvgIpc) is 2.46. The zero-order chi connectivity index (χ0) is 14.1. The van der Waals surface area contributed by atoms with Crippen molar-refractivity contribution >= 4 is 28.2 Å². The van der Waals surface area contributed by atoms with Crippen LogP contribution in [-0.2, 0) is 6.54 Å². The molecule has 0 amide bonds. The van der Waals surface area contributed by atoms with Gasteiger partial charge in [0.1, 0.15) is 0 Å². The molecule has 0 aliphatic heterocycles. The maximum Gasteiger partial charge on any atom is 0.251 e. The highest BCUT2D eigenvalue weighted by Gasteiger charge is 2.06. The number of fused-ring (bicyclic) bond motifs is 1. The highest BCUT2D eigenvalue weighted by Crippen LogP contribution is 2.21. The van der Waals surface area contributed by atoms with Gasteiger partial charge >= 0.3 is 0 Å². The van der Waals surface area contributed by atoms with E-state index in [9.17, 15) is 4.79 Å². The third kappa shape index (κ3) is 2.28. The van der Waals surface area contributed by atoms with Crippen LogP contribution in [0.2, 0.25) is 5.02 Å². The molecule has 4 heteroatoms. The molecule has 20 heavy (non-hydrogen) atoms. The molecule has 0 atom stereocenters. The lowest BCUT2D eigenvalue weighted by Gasteiger charge is -2.11. The van der Waals surface area contributed by atoms with Crippen molar-refractivity contribution < 1.29 is 0 Å². The number of nitrogens with zero attached hydrogens (tertiary/aromatic N) is 1. The van der Waals surface area contributed by atoms with Crippen LogP contribution < -0.4 is 11.3 Å². The van der Waals surface area contributed by atoms with Crippen molar-refractivity contribution in [1.29, 1.82) is 0 Å². The Bertz CT molecular complexity index is 839. The van der Waals surface area contributed by atoms with Crippen LogP contribution in [0.5, 0.6) is 0 Å². The Balaban J connectivity index is 2.17. The van der Waals surface area contributed by atoms with Crippen LogP contribution in [0.3, 0.4) is 0 Å². The van der Waals surface area contributed by atoms with E-state index in [1.54, 1.807) is 28.8 Å². The predicted octanol–water partition coefficient (Wildman–Crippen LogP) is 3.29. The van der Waals surface area contributed by atoms with E-state index in [2.05, 4.69) is 0 Å². The second kappa shape index (κ2) is 5.02. The second-order valence-corrected chi connectivity index (χ2v) is 5.07. The first-order chi connectivity index (χ1) is 9.65. The predicted molar refractivity (Wildman–Crippen MR) is 83.2 cm³/mol. The third-order valence-corrected chi connectivity index (χ3v) is 3.67. The first-order valence-corrected chi connectivity index (χ1v) is 6.65. The molecule has 3 nitrogen and oxygen atoms in total. The van der Waals surface area contributed by atoms with Gasteiger partial charge in [-0.2, -0.15) is 0 Å². The second-order valence-electron chi connectivity index (χ2n) is 4.67. The van der Waals surface area contributed by atoms with Gasteiger partial charge < -0.3 is 10.3 Å². The highest BCUT2D eigenvalue weighted by atomic mass is 35.5. The molecular formula is C16H13ClN2O. The fraction of sp³-hybridized carbons (Fsp3) is 0.0625. The van der Waals surface area contributed by atoms with Crippen molar-refractivity contribution in [3.05, 3.63) is 75.5 Å². The molecule has 2 aromatic carbocycles. The SMILES string of the molecule is Nc1ccc(Cl)c(Cn2c(=O)ccc3ccccc32)c1. The minimum Gasteiger partial charge on any atom is -0.399 e. The molecule has 0 saturated heterocycles. The Morgan fingerprint density at radius 3 is 2.70 bits per heavy atom. The Morgan fingerprint density at radius 1 is 1.05 bits per heavy atom. The number of nitrogens with two attached hydrogens (primary N) is 1. The summed E-state index contributed by atoms with van der Waals surface area (Å²) in [5.41, 5.74) is 8.09. The summed E-state index contributed by atoms with van der Waals surface area (Å²) in [6.07, 6.45) is 0. The number of hydrogen-bond acceptors (Lipinski definition) is 2. The number of para-hydroxylation sites is 1. The first-order valence-electron chi connectivity index (χ1n) is 6.27. The van der Waals surface area contributed by atoms with Crippen molar-refractivity contribution in [3.63, 3.8) is 0 Å². The number of benzene rings is 2. The van der Waals surface area contributed by atoms with Crippen molar-refractivity contribution in [3.8, 4) is 0 Å². The zero-order valence-corrected chi connectivity index (χ0v) is 11.5. The van der Waals surface area contributed by atoms with Crippen LogP contribution >= 0.6 is 11.6 Å². The van der Waals surface area contributed by atoms with Crippen LogP contribution in [0.4, 0.5) is 5.69 Å². The van der Waals surface area contributed by atoms with Gasteiger partial charge in [-0.1, -0.05) is 29.8 Å². The molecule has 0 fully saturated rings. The summed E-state index contributed by atoms with van der Waals surface area (Å²) < 4.78 is 1.70. The number of hydrogen-bond donors (Lipinski definition) is 1. The smallest absolute Gasteiger partial charge is 0.251 e. The first kappa shape index (κ1) is 12.8. The number of aromatic nitrogens is 1. The van der Waals surface area contributed by atoms with Gasteiger partial charge in [-0.3, -0.25) is 4.79 Å². The molecule has 0 radical (unpaired) electrons. The van der Waals surface area contributed by atoms with Gasteiger partial charge in [-0.15, -0.1) is 0 Å². The molecule has 0 unspecified atom stereocenters. The van der Waals surface area contributed by atoms with Crippen LogP contribution in [0.15, 0.2) is 59.4 Å². The van der Waals surface area contributed by atoms with Crippen molar-refractivity contribution in [1.82, 2.24) is 4.57 Å². The van der Waals surface area contributed by atoms with Crippen molar-refractivity contribution in [2.75, 3.05) is 5.73 Å². The number of anilines is 1. The van der Waals surface area contributed by atoms with E-state index in [0.29, 0.717) is 17.3 Å². The Morgan fingerprint density at radius 2 is 1.85 bits per heavy atom. The largest absolute Gasteiger partial charge is 0.399 e. The standard InChI is InChI=1S/C16H13ClN2O/c17-14-7-6-13(18)9-12(14)10-19-15-4-2-1-3-11(15)5-8-16(19)20/h1-9H,10,18H2. The van der Waals surface area contributed by atoms with E-state index in [-0.39, 0.29) is 5.56 Å². The minimum absolute atomic E-state index is 0.0535. The van der Waals surface area contributed by atoms with Crippen LogP contribution in [0.25, 0.3) is 10.9 Å². The fourth-order valence-corrected chi connectivity index (χ4v) is 2.47. The maximum atomic E-state index is 12.1. The van der Waals surface area contributed by atoms with E-state index < -0.39 is 0 Å². The summed E-state index contributed by atoms with van der Waals surface area (Å²) in [6.45, 7) is 0.407. The van der Waals surface area contributed by atoms with Gasteiger partial charge in [-0.25, -0.2) is 0 Å². The van der Waals surface area contributed by atoms with Crippen LogP contribution in [0, 0.1) is 0 Å². The molecule has 0 aliphatic rings. The summed E-state index contributed by atoms with van der Waals surface area (Å²) in [5, 5.41) is 1.63. The quantitative estimate of drug-likeness (QED) is 0.734. The lowest BCUT2D eigenvalue weighted by atomic mass is 10.1. The maximum absolute atomic E-state index is 12.1. The lowest BCUT2D eigenvalue weighted by Crippen LogP contribution is -2.20. The Labute approximate surface area is 121 Å². The topological polar surface area (TPSA) is 48.0 Å². The summed E-state index contributed by atoms with van der Waals surface area (Å²) in [4.78, 5) is 12.1. The Hall–Kier alpha value is -2.26. The third-order valence-electron chi connectivity index (χ3n) is 3.30. The van der Waals surface area contributed by atoms with Crippen LogP contribution in [0.1, 0.15) is 5.56 Å². The van der Waals surface area contributed by atoms with Gasteiger partial charge in [-0.05, 0) is 41.3 Å². The van der Waals surface area contributed by atoms with E-state index >= 15 is 0 Å². The van der Waals surface area contributed by atoms with Gasteiger partial charge in [0.15, 0.2) is 0 Å². The lowest BCUT2D eigenvalue weighted by molar-refractivity contribution is 0.795. The normalized spacial score (nSPS) is 10.8. The molecule has 2 N–H and O–H groups in total. The minimum atomic E-state index is -0.0535. The van der Waals surface area contributed by atoms with Gasteiger partial charge in [0.05, 0.1) is 12.1 Å². The fourth-order valence-electron chi connectivity index (χ4n) is 2.29. The summed E-state index contributed by atoms with van der Waals surface area (Å²) in [5.74, 6) is 0. The molecule has 3 aromatic rings. The summed E-state index contributed by atoms with van der Waals surface area (Å²) in [7, 11) is 0. The van der Waals surface area contributed by atoms with E-state index in [0.717, 1.165) is 16.5 Å². The monoisotopic (exact) mass is 284 g/mol. The van der Waals surface area contributed by atoms with Crippen LogP contribution in [-0.4, -0.2) is 4.57 Å². The zero-order valence-electron chi connectivity index (χ0n) is 10.7. The van der Waals surface area contributed by atoms with Crippen molar-refractivity contribution in [2.45, 2.75) is 6.54 Å². The van der Waals surface area contributed by atoms with E-state index in [1.807, 2.05) is 30.3 Å². The molecule has 0 aliphatic carbocycles. The van der Waals surface area contributed by atoms with Gasteiger partial charge in [0, 0.05) is 16.8 Å². The number of pyridine rings is 1. The van der Waals surface area contributed by atoms with E-state index in [4.69, 9.17) is 17.3 Å². The summed E-state index contributed by atoms with van der Waals surface area (Å²) in [6, 6.07) is 16.5. The molecule has 1 aromatic heterocycles. The summed E-state index contributed by atoms with van der Waals surface area (Å²) >= 11 is 6.18.